The second kappa shape index (κ2) is 11.6. The van der Waals surface area contributed by atoms with Crippen molar-refractivity contribution in [3.8, 4) is 22.8 Å². The summed E-state index contributed by atoms with van der Waals surface area (Å²) in [6, 6.07) is 13.2. The zero-order chi connectivity index (χ0) is 17.5. The molecule has 3 heterocycles. The fourth-order valence-electron chi connectivity index (χ4n) is 2.74. The average Bonchev–Trinajstić information content (AvgIpc) is 2.69. The maximum Gasteiger partial charge on any atom is 0.117 e. The van der Waals surface area contributed by atoms with Gasteiger partial charge in [-0.1, -0.05) is 38.3 Å². The predicted octanol–water partition coefficient (Wildman–Crippen LogP) is 5.06. The number of hydrogen-bond acceptors (Lipinski definition) is 5. The maximum absolute atomic E-state index is 10.7. The molecule has 3 aromatic heterocycles. The van der Waals surface area contributed by atoms with Gasteiger partial charge in [0.15, 0.2) is 0 Å². The first-order valence-corrected chi connectivity index (χ1v) is 8.68. The minimum Gasteiger partial charge on any atom is -0.388 e. The van der Waals surface area contributed by atoms with Crippen LogP contribution in [0.3, 0.4) is 0 Å². The second-order valence-corrected chi connectivity index (χ2v) is 5.98. The standard InChI is InChI=1S/C20H22N4O.2ClH/c1-2-3-4-11-19(25)15-14-18(16-9-5-7-12-21-16)23-24-20(15)17-10-6-8-13-22-17;;/h5-10,12-14,19,25H,2-4,11H2,1H3;2*1H. The zero-order valence-corrected chi connectivity index (χ0v) is 16.8. The van der Waals surface area contributed by atoms with Crippen molar-refractivity contribution < 1.29 is 5.11 Å². The Morgan fingerprint density at radius 1 is 0.852 bits per heavy atom. The van der Waals surface area contributed by atoms with Gasteiger partial charge in [-0.15, -0.1) is 35.0 Å². The van der Waals surface area contributed by atoms with Gasteiger partial charge >= 0.3 is 0 Å². The van der Waals surface area contributed by atoms with Gasteiger partial charge in [0.05, 0.1) is 17.5 Å². The van der Waals surface area contributed by atoms with Crippen LogP contribution in [0.1, 0.15) is 44.3 Å². The van der Waals surface area contributed by atoms with E-state index in [4.69, 9.17) is 0 Å². The Morgan fingerprint density at radius 2 is 1.52 bits per heavy atom. The van der Waals surface area contributed by atoms with E-state index >= 15 is 0 Å². The van der Waals surface area contributed by atoms with Crippen LogP contribution >= 0.6 is 24.8 Å². The van der Waals surface area contributed by atoms with E-state index in [2.05, 4.69) is 27.1 Å². The Balaban J connectivity index is 0.00000182. The van der Waals surface area contributed by atoms with Crippen molar-refractivity contribution in [2.75, 3.05) is 0 Å². The molecule has 7 heteroatoms. The number of aliphatic hydroxyl groups excluding tert-OH is 1. The molecule has 3 aromatic rings. The second-order valence-electron chi connectivity index (χ2n) is 5.98. The summed E-state index contributed by atoms with van der Waals surface area (Å²) in [5, 5.41) is 19.4. The predicted molar refractivity (Wildman–Crippen MR) is 112 cm³/mol. The molecule has 5 nitrogen and oxygen atoms in total. The lowest BCUT2D eigenvalue weighted by atomic mass is 9.99. The first kappa shape index (κ1) is 23.0. The summed E-state index contributed by atoms with van der Waals surface area (Å²) in [6.45, 7) is 2.15. The van der Waals surface area contributed by atoms with Crippen molar-refractivity contribution in [1.82, 2.24) is 20.2 Å². The van der Waals surface area contributed by atoms with Gasteiger partial charge in [-0.3, -0.25) is 9.97 Å². The molecule has 1 N–H and O–H groups in total. The normalized spacial score (nSPS) is 11.2. The van der Waals surface area contributed by atoms with Gasteiger partial charge in [-0.25, -0.2) is 0 Å². The fraction of sp³-hybridized carbons (Fsp3) is 0.300. The Kier molecular flexibility index (Phi) is 9.86. The maximum atomic E-state index is 10.7. The van der Waals surface area contributed by atoms with Crippen LogP contribution in [-0.4, -0.2) is 25.3 Å². The van der Waals surface area contributed by atoms with E-state index in [1.54, 1.807) is 12.4 Å². The summed E-state index contributed by atoms with van der Waals surface area (Å²) in [7, 11) is 0. The van der Waals surface area contributed by atoms with Crippen LogP contribution in [0.15, 0.2) is 54.9 Å². The lowest BCUT2D eigenvalue weighted by Crippen LogP contribution is -2.05. The number of rotatable bonds is 7. The van der Waals surface area contributed by atoms with E-state index in [-0.39, 0.29) is 24.8 Å². The summed E-state index contributed by atoms with van der Waals surface area (Å²) < 4.78 is 0. The highest BCUT2D eigenvalue weighted by atomic mass is 35.5. The van der Waals surface area contributed by atoms with E-state index in [1.807, 2.05) is 42.5 Å². The largest absolute Gasteiger partial charge is 0.388 e. The van der Waals surface area contributed by atoms with Crippen molar-refractivity contribution in [2.45, 2.75) is 38.7 Å². The van der Waals surface area contributed by atoms with Crippen LogP contribution in [0, 0.1) is 0 Å². The highest BCUT2D eigenvalue weighted by Crippen LogP contribution is 2.30. The fourth-order valence-corrected chi connectivity index (χ4v) is 2.74. The molecule has 0 bridgehead atoms. The molecular formula is C20H24Cl2N4O. The molecule has 0 aliphatic heterocycles. The Bertz CT molecular complexity index is 804. The highest BCUT2D eigenvalue weighted by molar-refractivity contribution is 5.85. The molecule has 0 spiro atoms. The highest BCUT2D eigenvalue weighted by Gasteiger charge is 2.18. The summed E-state index contributed by atoms with van der Waals surface area (Å²) >= 11 is 0. The van der Waals surface area contributed by atoms with Crippen LogP contribution in [-0.2, 0) is 0 Å². The molecular weight excluding hydrogens is 383 g/mol. The minimum absolute atomic E-state index is 0. The van der Waals surface area contributed by atoms with Crippen molar-refractivity contribution in [2.24, 2.45) is 0 Å². The smallest absolute Gasteiger partial charge is 0.117 e. The van der Waals surface area contributed by atoms with Crippen LogP contribution in [0.4, 0.5) is 0 Å². The van der Waals surface area contributed by atoms with Gasteiger partial charge in [-0.05, 0) is 36.8 Å². The Labute approximate surface area is 172 Å². The van der Waals surface area contributed by atoms with Crippen LogP contribution < -0.4 is 0 Å². The molecule has 0 aliphatic carbocycles. The summed E-state index contributed by atoms with van der Waals surface area (Å²) in [5.41, 5.74) is 3.50. The van der Waals surface area contributed by atoms with Crippen molar-refractivity contribution >= 4 is 24.8 Å². The molecule has 0 fully saturated rings. The third-order valence-electron chi connectivity index (χ3n) is 4.10. The lowest BCUT2D eigenvalue weighted by molar-refractivity contribution is 0.163. The summed E-state index contributed by atoms with van der Waals surface area (Å²) in [6.07, 6.45) is 6.73. The number of halogens is 2. The van der Waals surface area contributed by atoms with Crippen molar-refractivity contribution in [3.63, 3.8) is 0 Å². The number of nitrogens with zero attached hydrogens (tertiary/aromatic N) is 4. The molecule has 0 aromatic carbocycles. The van der Waals surface area contributed by atoms with Gasteiger partial charge < -0.3 is 5.11 Å². The first-order valence-electron chi connectivity index (χ1n) is 8.68. The number of aliphatic hydroxyl groups is 1. The van der Waals surface area contributed by atoms with E-state index in [0.717, 1.165) is 30.5 Å². The molecule has 0 saturated carbocycles. The van der Waals surface area contributed by atoms with Crippen LogP contribution in [0.5, 0.6) is 0 Å². The van der Waals surface area contributed by atoms with E-state index in [9.17, 15) is 5.11 Å². The Hall–Kier alpha value is -2.08. The molecule has 0 saturated heterocycles. The van der Waals surface area contributed by atoms with Crippen LogP contribution in [0.2, 0.25) is 0 Å². The minimum atomic E-state index is -0.596. The summed E-state index contributed by atoms with van der Waals surface area (Å²) in [5.74, 6) is 0. The third-order valence-corrected chi connectivity index (χ3v) is 4.10. The van der Waals surface area contributed by atoms with E-state index < -0.39 is 6.10 Å². The molecule has 3 rings (SSSR count). The molecule has 144 valence electrons. The van der Waals surface area contributed by atoms with Crippen molar-refractivity contribution in [1.29, 1.82) is 0 Å². The molecule has 27 heavy (non-hydrogen) atoms. The zero-order valence-electron chi connectivity index (χ0n) is 15.2. The molecule has 0 radical (unpaired) electrons. The number of hydrogen-bond donors (Lipinski definition) is 1. The van der Waals surface area contributed by atoms with Gasteiger partial charge in [0, 0.05) is 18.0 Å². The van der Waals surface area contributed by atoms with Gasteiger partial charge in [0.1, 0.15) is 11.4 Å². The molecule has 1 unspecified atom stereocenters. The van der Waals surface area contributed by atoms with Crippen molar-refractivity contribution in [3.05, 3.63) is 60.4 Å². The quantitative estimate of drug-likeness (QED) is 0.555. The average molecular weight is 407 g/mol. The lowest BCUT2D eigenvalue weighted by Gasteiger charge is -2.15. The van der Waals surface area contributed by atoms with E-state index in [0.29, 0.717) is 23.5 Å². The van der Waals surface area contributed by atoms with E-state index in [1.165, 1.54) is 0 Å². The third kappa shape index (κ3) is 5.96. The first-order chi connectivity index (χ1) is 12.3. The Morgan fingerprint density at radius 3 is 2.11 bits per heavy atom. The number of pyridine rings is 2. The summed E-state index contributed by atoms with van der Waals surface area (Å²) in [4.78, 5) is 8.69. The number of aromatic nitrogens is 4. The molecule has 0 aliphatic rings. The SMILES string of the molecule is CCCCCC(O)c1cc(-c2ccccn2)nnc1-c1ccccn1.Cl.Cl. The van der Waals surface area contributed by atoms with Gasteiger partial charge in [0.25, 0.3) is 0 Å². The molecule has 0 amide bonds. The number of unbranched alkanes of at least 4 members (excludes halogenated alkanes) is 2. The van der Waals surface area contributed by atoms with Gasteiger partial charge in [-0.2, -0.15) is 0 Å². The van der Waals surface area contributed by atoms with Crippen LogP contribution in [0.25, 0.3) is 22.8 Å². The topological polar surface area (TPSA) is 71.8 Å². The molecule has 1 atom stereocenters. The monoisotopic (exact) mass is 406 g/mol. The van der Waals surface area contributed by atoms with Gasteiger partial charge in [0.2, 0.25) is 0 Å².